The van der Waals surface area contributed by atoms with Gasteiger partial charge in [0.1, 0.15) is 10.4 Å². The van der Waals surface area contributed by atoms with Gasteiger partial charge in [0, 0.05) is 19.6 Å². The first kappa shape index (κ1) is 13.6. The Hall–Kier alpha value is -1.39. The van der Waals surface area contributed by atoms with Crippen molar-refractivity contribution in [3.63, 3.8) is 0 Å². The van der Waals surface area contributed by atoms with E-state index in [9.17, 15) is 0 Å². The van der Waals surface area contributed by atoms with E-state index in [-0.39, 0.29) is 0 Å². The van der Waals surface area contributed by atoms with Gasteiger partial charge < -0.3 is 9.80 Å². The largest absolute Gasteiger partial charge is 0.347 e. The average Bonchev–Trinajstić information content (AvgIpc) is 2.48. The Morgan fingerprint density at radius 2 is 1.85 bits per heavy atom. The molecule has 0 aliphatic carbocycles. The smallest absolute Gasteiger partial charge is 0.130 e. The molecule has 0 amide bonds. The molecule has 1 fully saturated rings. The van der Waals surface area contributed by atoms with E-state index in [4.69, 9.17) is 0 Å². The van der Waals surface area contributed by atoms with E-state index in [0.29, 0.717) is 6.04 Å². The van der Waals surface area contributed by atoms with Gasteiger partial charge >= 0.3 is 0 Å². The summed E-state index contributed by atoms with van der Waals surface area (Å²) in [5.41, 5.74) is 1.35. The van der Waals surface area contributed by atoms with E-state index in [1.807, 2.05) is 12.1 Å². The average molecular weight is 332 g/mol. The first-order valence-electron chi connectivity index (χ1n) is 6.87. The molecule has 1 aliphatic rings. The Kier molecular flexibility index (Phi) is 4.03. The lowest BCUT2D eigenvalue weighted by Gasteiger charge is -2.41. The van der Waals surface area contributed by atoms with E-state index >= 15 is 0 Å². The van der Waals surface area contributed by atoms with Gasteiger partial charge in [-0.2, -0.15) is 0 Å². The highest BCUT2D eigenvalue weighted by Gasteiger charge is 2.27. The summed E-state index contributed by atoms with van der Waals surface area (Å²) in [5.74, 6) is 1.04. The standard InChI is InChI=1S/C16H18BrN3/c1-19-10-11-20(16-9-5-8-15(17)18-16)14(12-19)13-6-3-2-4-7-13/h2-9,14H,10-12H2,1H3. The van der Waals surface area contributed by atoms with Crippen molar-refractivity contribution in [3.8, 4) is 0 Å². The quantitative estimate of drug-likeness (QED) is 0.787. The number of likely N-dealkylation sites (N-methyl/N-ethyl adjacent to an activating group) is 1. The minimum absolute atomic E-state index is 0.358. The van der Waals surface area contributed by atoms with Gasteiger partial charge in [0.2, 0.25) is 0 Å². The van der Waals surface area contributed by atoms with Crippen molar-refractivity contribution in [2.45, 2.75) is 6.04 Å². The third-order valence-corrected chi connectivity index (χ3v) is 4.20. The second kappa shape index (κ2) is 5.94. The molecule has 3 nitrogen and oxygen atoms in total. The maximum absolute atomic E-state index is 4.62. The van der Waals surface area contributed by atoms with Gasteiger partial charge in [-0.3, -0.25) is 0 Å². The van der Waals surface area contributed by atoms with Crippen LogP contribution in [0.3, 0.4) is 0 Å². The van der Waals surface area contributed by atoms with E-state index in [1.54, 1.807) is 0 Å². The third-order valence-electron chi connectivity index (χ3n) is 3.76. The number of piperazine rings is 1. The molecule has 104 valence electrons. The first-order valence-corrected chi connectivity index (χ1v) is 7.66. The Balaban J connectivity index is 1.95. The molecule has 2 aromatic rings. The van der Waals surface area contributed by atoms with Gasteiger partial charge in [-0.1, -0.05) is 36.4 Å². The molecule has 2 heterocycles. The second-order valence-corrected chi connectivity index (χ2v) is 6.01. The number of rotatable bonds is 2. The predicted octanol–water partition coefficient (Wildman–Crippen LogP) is 3.34. The molecule has 3 rings (SSSR count). The van der Waals surface area contributed by atoms with Crippen LogP contribution < -0.4 is 4.90 Å². The highest BCUT2D eigenvalue weighted by Crippen LogP contribution is 2.29. The predicted molar refractivity (Wildman–Crippen MR) is 86.0 cm³/mol. The first-order chi connectivity index (χ1) is 9.74. The fourth-order valence-electron chi connectivity index (χ4n) is 2.71. The molecule has 0 bridgehead atoms. The van der Waals surface area contributed by atoms with Gasteiger partial charge in [-0.05, 0) is 40.7 Å². The highest BCUT2D eigenvalue weighted by atomic mass is 79.9. The minimum Gasteiger partial charge on any atom is -0.347 e. The molecule has 1 aliphatic heterocycles. The number of aromatic nitrogens is 1. The summed E-state index contributed by atoms with van der Waals surface area (Å²) in [5, 5.41) is 0. The van der Waals surface area contributed by atoms with E-state index in [1.165, 1.54) is 5.56 Å². The lowest BCUT2D eigenvalue weighted by molar-refractivity contribution is 0.268. The molecule has 1 aromatic heterocycles. The van der Waals surface area contributed by atoms with Crippen molar-refractivity contribution in [1.29, 1.82) is 0 Å². The van der Waals surface area contributed by atoms with Crippen molar-refractivity contribution >= 4 is 21.7 Å². The molecule has 4 heteroatoms. The Morgan fingerprint density at radius 1 is 1.05 bits per heavy atom. The zero-order valence-corrected chi connectivity index (χ0v) is 13.1. The minimum atomic E-state index is 0.358. The summed E-state index contributed by atoms with van der Waals surface area (Å²) < 4.78 is 0.890. The van der Waals surface area contributed by atoms with E-state index in [0.717, 1.165) is 30.1 Å². The second-order valence-electron chi connectivity index (χ2n) is 5.20. The molecule has 0 N–H and O–H groups in total. The van der Waals surface area contributed by atoms with Gasteiger partial charge in [0.15, 0.2) is 0 Å². The number of benzene rings is 1. The molecule has 20 heavy (non-hydrogen) atoms. The molecule has 1 atom stereocenters. The Labute approximate surface area is 128 Å². The molecule has 0 saturated carbocycles. The van der Waals surface area contributed by atoms with Crippen molar-refractivity contribution < 1.29 is 0 Å². The number of hydrogen-bond donors (Lipinski definition) is 0. The number of halogens is 1. The topological polar surface area (TPSA) is 19.4 Å². The monoisotopic (exact) mass is 331 g/mol. The van der Waals surface area contributed by atoms with Crippen LogP contribution >= 0.6 is 15.9 Å². The van der Waals surface area contributed by atoms with Gasteiger partial charge in [0.25, 0.3) is 0 Å². The number of nitrogens with zero attached hydrogens (tertiary/aromatic N) is 3. The van der Waals surface area contributed by atoms with Gasteiger partial charge in [-0.15, -0.1) is 0 Å². The Bertz CT molecular complexity index is 573. The molecule has 0 spiro atoms. The van der Waals surface area contributed by atoms with Crippen LogP contribution in [0.1, 0.15) is 11.6 Å². The maximum Gasteiger partial charge on any atom is 0.130 e. The molecule has 1 unspecified atom stereocenters. The van der Waals surface area contributed by atoms with Crippen molar-refractivity contribution in [2.75, 3.05) is 31.6 Å². The van der Waals surface area contributed by atoms with Crippen molar-refractivity contribution in [1.82, 2.24) is 9.88 Å². The molecule has 1 saturated heterocycles. The van der Waals surface area contributed by atoms with Crippen LogP contribution in [0, 0.1) is 0 Å². The summed E-state index contributed by atoms with van der Waals surface area (Å²) in [6.07, 6.45) is 0. The van der Waals surface area contributed by atoms with Crippen LogP contribution in [0.25, 0.3) is 0 Å². The van der Waals surface area contributed by atoms with Crippen LogP contribution in [0.15, 0.2) is 53.1 Å². The van der Waals surface area contributed by atoms with Gasteiger partial charge in [0.05, 0.1) is 6.04 Å². The van der Waals surface area contributed by atoms with Crippen LogP contribution in [-0.4, -0.2) is 36.6 Å². The summed E-state index contributed by atoms with van der Waals surface area (Å²) >= 11 is 3.47. The number of pyridine rings is 1. The highest BCUT2D eigenvalue weighted by molar-refractivity contribution is 9.10. The molecular weight excluding hydrogens is 314 g/mol. The summed E-state index contributed by atoms with van der Waals surface area (Å²) in [6.45, 7) is 3.09. The molecule has 0 radical (unpaired) electrons. The maximum atomic E-state index is 4.62. The van der Waals surface area contributed by atoms with Crippen LogP contribution in [0.2, 0.25) is 0 Å². The molecular formula is C16H18BrN3. The van der Waals surface area contributed by atoms with Gasteiger partial charge in [-0.25, -0.2) is 4.98 Å². The zero-order chi connectivity index (χ0) is 13.9. The number of anilines is 1. The summed E-state index contributed by atoms with van der Waals surface area (Å²) in [7, 11) is 2.18. The Morgan fingerprint density at radius 3 is 2.60 bits per heavy atom. The normalized spacial score (nSPS) is 20.1. The van der Waals surface area contributed by atoms with Crippen LogP contribution in [0.4, 0.5) is 5.82 Å². The van der Waals surface area contributed by atoms with Crippen molar-refractivity contribution in [2.24, 2.45) is 0 Å². The molecule has 1 aromatic carbocycles. The summed E-state index contributed by atoms with van der Waals surface area (Å²) in [6, 6.07) is 17.2. The van der Waals surface area contributed by atoms with E-state index in [2.05, 4.69) is 74.2 Å². The van der Waals surface area contributed by atoms with Crippen LogP contribution in [-0.2, 0) is 0 Å². The summed E-state index contributed by atoms with van der Waals surface area (Å²) in [4.78, 5) is 9.41. The zero-order valence-electron chi connectivity index (χ0n) is 11.5. The number of hydrogen-bond acceptors (Lipinski definition) is 3. The lowest BCUT2D eigenvalue weighted by atomic mass is 10.0. The fraction of sp³-hybridized carbons (Fsp3) is 0.312. The lowest BCUT2D eigenvalue weighted by Crippen LogP contribution is -2.47. The fourth-order valence-corrected chi connectivity index (χ4v) is 3.05. The van der Waals surface area contributed by atoms with Crippen molar-refractivity contribution in [3.05, 3.63) is 58.7 Å². The third kappa shape index (κ3) is 2.86. The van der Waals surface area contributed by atoms with E-state index < -0.39 is 0 Å². The SMILES string of the molecule is CN1CCN(c2cccc(Br)n2)C(c2ccccc2)C1. The van der Waals surface area contributed by atoms with Crippen LogP contribution in [0.5, 0.6) is 0 Å².